The van der Waals surface area contributed by atoms with Gasteiger partial charge in [0.25, 0.3) is 0 Å². The van der Waals surface area contributed by atoms with Crippen LogP contribution in [0.5, 0.6) is 0 Å². The average Bonchev–Trinajstić information content (AvgIpc) is 2.51. The number of hydrazone groups is 1. The Morgan fingerprint density at radius 3 is 2.26 bits per heavy atom. The summed E-state index contributed by atoms with van der Waals surface area (Å²) in [6, 6.07) is 3.91. The zero-order chi connectivity index (χ0) is 15.9. The minimum absolute atomic E-state index is 0.235. The zero-order valence-electron chi connectivity index (χ0n) is 13.6. The van der Waals surface area contributed by atoms with Crippen molar-refractivity contribution in [3.63, 3.8) is 0 Å². The summed E-state index contributed by atoms with van der Waals surface area (Å²) in [4.78, 5) is 4.03. The Hall–Kier alpha value is -1.49. The Labute approximate surface area is 143 Å². The van der Waals surface area contributed by atoms with Crippen LogP contribution in [0, 0.1) is 17.8 Å². The Kier molecular flexibility index (Phi) is 3.84. The minimum Gasteiger partial charge on any atom is -0.356 e. The predicted molar refractivity (Wildman–Crippen MR) is 96.2 cm³/mol. The summed E-state index contributed by atoms with van der Waals surface area (Å²) < 4.78 is 0. The van der Waals surface area contributed by atoms with Gasteiger partial charge in [-0.1, -0.05) is 0 Å². The summed E-state index contributed by atoms with van der Waals surface area (Å²) in [6.07, 6.45) is 11.7. The number of aromatic nitrogens is 1. The van der Waals surface area contributed by atoms with Crippen LogP contribution in [0.25, 0.3) is 0 Å². The van der Waals surface area contributed by atoms with Gasteiger partial charge >= 0.3 is 0 Å². The van der Waals surface area contributed by atoms with Gasteiger partial charge in [-0.15, -0.1) is 0 Å². The third-order valence-corrected chi connectivity index (χ3v) is 6.03. The Balaban J connectivity index is 1.39. The maximum atomic E-state index is 5.52. The molecule has 0 spiro atoms. The molecule has 0 unspecified atom stereocenters. The quantitative estimate of drug-likeness (QED) is 0.508. The first-order chi connectivity index (χ1) is 11.1. The largest absolute Gasteiger partial charge is 0.356 e. The van der Waals surface area contributed by atoms with Crippen LogP contribution in [0.4, 0.5) is 0 Å². The topological polar surface area (TPSA) is 49.3 Å². The molecule has 4 aliphatic carbocycles. The maximum Gasteiger partial charge on any atom is 0.187 e. The fourth-order valence-electron chi connectivity index (χ4n) is 5.32. The molecule has 4 nitrogen and oxygen atoms in total. The molecule has 0 amide bonds. The van der Waals surface area contributed by atoms with Crippen molar-refractivity contribution < 1.29 is 0 Å². The second-order valence-electron chi connectivity index (χ2n) is 7.70. The van der Waals surface area contributed by atoms with Crippen LogP contribution in [-0.4, -0.2) is 21.3 Å². The first-order valence-corrected chi connectivity index (χ1v) is 9.05. The SMILES string of the molecule is C/C(=N\NC(=S)NC12CC3CC(CC(C3)C1)C2)c1ccncc1. The van der Waals surface area contributed by atoms with Gasteiger partial charge in [0.15, 0.2) is 5.11 Å². The summed E-state index contributed by atoms with van der Waals surface area (Å²) in [7, 11) is 0. The fourth-order valence-corrected chi connectivity index (χ4v) is 5.59. The van der Waals surface area contributed by atoms with Crippen molar-refractivity contribution >= 4 is 23.0 Å². The number of hydrogen-bond acceptors (Lipinski definition) is 3. The number of pyridine rings is 1. The molecule has 4 saturated carbocycles. The van der Waals surface area contributed by atoms with Crippen LogP contribution in [0.3, 0.4) is 0 Å². The molecule has 2 N–H and O–H groups in total. The van der Waals surface area contributed by atoms with E-state index in [1.165, 1.54) is 38.5 Å². The third kappa shape index (κ3) is 3.11. The van der Waals surface area contributed by atoms with Crippen molar-refractivity contribution in [1.82, 2.24) is 15.7 Å². The summed E-state index contributed by atoms with van der Waals surface area (Å²) in [5.41, 5.74) is 5.26. The maximum absolute atomic E-state index is 5.52. The van der Waals surface area contributed by atoms with Crippen LogP contribution < -0.4 is 10.7 Å². The van der Waals surface area contributed by atoms with Crippen LogP contribution in [0.2, 0.25) is 0 Å². The van der Waals surface area contributed by atoms with E-state index in [1.54, 1.807) is 12.4 Å². The highest BCUT2D eigenvalue weighted by molar-refractivity contribution is 7.80. The second-order valence-corrected chi connectivity index (χ2v) is 8.11. The van der Waals surface area contributed by atoms with E-state index in [0.717, 1.165) is 29.0 Å². The monoisotopic (exact) mass is 328 g/mol. The van der Waals surface area contributed by atoms with Gasteiger partial charge in [0, 0.05) is 23.5 Å². The molecule has 5 rings (SSSR count). The van der Waals surface area contributed by atoms with Crippen molar-refractivity contribution in [2.24, 2.45) is 22.9 Å². The van der Waals surface area contributed by atoms with E-state index < -0.39 is 0 Å². The molecule has 1 aromatic heterocycles. The molecule has 0 aliphatic heterocycles. The molecule has 0 saturated heterocycles. The summed E-state index contributed by atoms with van der Waals surface area (Å²) in [5.74, 6) is 2.75. The van der Waals surface area contributed by atoms with E-state index in [-0.39, 0.29) is 5.54 Å². The van der Waals surface area contributed by atoms with Gasteiger partial charge in [-0.05, 0) is 87.6 Å². The zero-order valence-corrected chi connectivity index (χ0v) is 14.4. The molecule has 4 fully saturated rings. The normalized spacial score (nSPS) is 35.2. The molecule has 122 valence electrons. The first kappa shape index (κ1) is 15.1. The summed E-state index contributed by atoms with van der Waals surface area (Å²) in [5, 5.41) is 8.73. The smallest absolute Gasteiger partial charge is 0.187 e. The van der Waals surface area contributed by atoms with Crippen LogP contribution in [0.15, 0.2) is 29.6 Å². The highest BCUT2D eigenvalue weighted by Gasteiger charge is 2.51. The minimum atomic E-state index is 0.235. The van der Waals surface area contributed by atoms with Crippen molar-refractivity contribution in [1.29, 1.82) is 0 Å². The molecule has 5 heteroatoms. The van der Waals surface area contributed by atoms with Gasteiger partial charge in [0.2, 0.25) is 0 Å². The van der Waals surface area contributed by atoms with Crippen molar-refractivity contribution in [3.8, 4) is 0 Å². The fraction of sp³-hybridized carbons (Fsp3) is 0.611. The summed E-state index contributed by atoms with van der Waals surface area (Å²) in [6.45, 7) is 1.98. The van der Waals surface area contributed by atoms with Gasteiger partial charge in [-0.2, -0.15) is 5.10 Å². The molecular weight excluding hydrogens is 304 g/mol. The third-order valence-electron chi connectivity index (χ3n) is 5.84. The summed E-state index contributed by atoms with van der Waals surface area (Å²) >= 11 is 5.52. The number of thiocarbonyl (C=S) groups is 1. The van der Waals surface area contributed by atoms with E-state index in [1.807, 2.05) is 19.1 Å². The highest BCUT2D eigenvalue weighted by atomic mass is 32.1. The highest BCUT2D eigenvalue weighted by Crippen LogP contribution is 2.55. The van der Waals surface area contributed by atoms with Crippen LogP contribution >= 0.6 is 12.2 Å². The average molecular weight is 328 g/mol. The van der Waals surface area contributed by atoms with Crippen molar-refractivity contribution in [3.05, 3.63) is 30.1 Å². The Bertz CT molecular complexity index is 590. The lowest BCUT2D eigenvalue weighted by Gasteiger charge is -2.57. The Morgan fingerprint density at radius 1 is 1.13 bits per heavy atom. The van der Waals surface area contributed by atoms with Gasteiger partial charge < -0.3 is 5.32 Å². The molecular formula is C18H24N4S. The lowest BCUT2D eigenvalue weighted by Crippen LogP contribution is -2.61. The van der Waals surface area contributed by atoms with Crippen LogP contribution in [-0.2, 0) is 0 Å². The molecule has 4 aliphatic rings. The van der Waals surface area contributed by atoms with Crippen LogP contribution in [0.1, 0.15) is 51.0 Å². The molecule has 4 bridgehead atoms. The number of hydrogen-bond donors (Lipinski definition) is 2. The number of nitrogens with zero attached hydrogens (tertiary/aromatic N) is 2. The van der Waals surface area contributed by atoms with E-state index in [9.17, 15) is 0 Å². The number of rotatable bonds is 3. The van der Waals surface area contributed by atoms with Gasteiger partial charge in [0.1, 0.15) is 0 Å². The lowest BCUT2D eigenvalue weighted by molar-refractivity contribution is -0.0101. The first-order valence-electron chi connectivity index (χ1n) is 8.65. The lowest BCUT2D eigenvalue weighted by atomic mass is 9.53. The van der Waals surface area contributed by atoms with E-state index >= 15 is 0 Å². The Morgan fingerprint density at radius 2 is 1.70 bits per heavy atom. The molecule has 0 atom stereocenters. The van der Waals surface area contributed by atoms with Gasteiger partial charge in [-0.25, -0.2) is 0 Å². The van der Waals surface area contributed by atoms with E-state index in [4.69, 9.17) is 12.2 Å². The molecule has 1 heterocycles. The standard InChI is InChI=1S/C18H24N4S/c1-12(16-2-4-19-5-3-16)21-22-17(23)20-18-9-13-6-14(10-18)8-15(7-13)11-18/h2-5,13-15H,6-11H2,1H3,(H2,20,22,23)/b21-12+. The molecule has 0 aromatic carbocycles. The molecule has 23 heavy (non-hydrogen) atoms. The van der Waals surface area contributed by atoms with Crippen molar-refractivity contribution in [2.75, 3.05) is 0 Å². The molecule has 1 aromatic rings. The van der Waals surface area contributed by atoms with Gasteiger partial charge in [0.05, 0.1) is 5.71 Å². The van der Waals surface area contributed by atoms with E-state index in [2.05, 4.69) is 20.8 Å². The van der Waals surface area contributed by atoms with Crippen molar-refractivity contribution in [2.45, 2.75) is 51.0 Å². The second kappa shape index (κ2) is 5.86. The van der Waals surface area contributed by atoms with Gasteiger partial charge in [-0.3, -0.25) is 10.4 Å². The predicted octanol–water partition coefficient (Wildman–Crippen LogP) is 3.24. The number of nitrogens with one attached hydrogen (secondary N) is 2. The van der Waals surface area contributed by atoms with E-state index in [0.29, 0.717) is 5.11 Å². The molecule has 0 radical (unpaired) electrons.